The lowest BCUT2D eigenvalue weighted by Crippen LogP contribution is -2.47. The van der Waals surface area contributed by atoms with Crippen molar-refractivity contribution in [2.75, 3.05) is 6.54 Å². The minimum atomic E-state index is 0.0829. The summed E-state index contributed by atoms with van der Waals surface area (Å²) in [5, 5.41) is 0. The lowest BCUT2D eigenvalue weighted by Gasteiger charge is -2.36. The molecule has 86 valence electrons. The molecule has 15 heavy (non-hydrogen) atoms. The van der Waals surface area contributed by atoms with Crippen LogP contribution in [0, 0.1) is 5.92 Å². The van der Waals surface area contributed by atoms with Crippen molar-refractivity contribution in [3.05, 3.63) is 0 Å². The van der Waals surface area contributed by atoms with Gasteiger partial charge in [-0.25, -0.2) is 0 Å². The van der Waals surface area contributed by atoms with Gasteiger partial charge in [-0.2, -0.15) is 0 Å². The number of carbonyl (C=O) groups excluding carboxylic acids is 1. The molecule has 2 aliphatic rings. The van der Waals surface area contributed by atoms with E-state index in [1.54, 1.807) is 0 Å². The molecular formula is C12H20BrNO. The second kappa shape index (κ2) is 4.86. The average molecular weight is 274 g/mol. The number of hydrogen-bond acceptors (Lipinski definition) is 1. The standard InChI is InChI=1S/C12H20BrNO/c1-2-10(8-9-5-6-9)14-7-3-4-11(13)12(14)15/h9-11H,2-8H2,1H3. The van der Waals surface area contributed by atoms with Gasteiger partial charge in [0.2, 0.25) is 5.91 Å². The third kappa shape index (κ3) is 2.74. The van der Waals surface area contributed by atoms with Crippen LogP contribution < -0.4 is 0 Å². The van der Waals surface area contributed by atoms with Gasteiger partial charge in [-0.3, -0.25) is 4.79 Å². The van der Waals surface area contributed by atoms with Gasteiger partial charge in [0.1, 0.15) is 0 Å². The van der Waals surface area contributed by atoms with Gasteiger partial charge < -0.3 is 4.90 Å². The molecule has 0 aromatic heterocycles. The van der Waals surface area contributed by atoms with E-state index in [-0.39, 0.29) is 4.83 Å². The predicted molar refractivity (Wildman–Crippen MR) is 65.1 cm³/mol. The molecule has 0 N–H and O–H groups in total. The van der Waals surface area contributed by atoms with Crippen LogP contribution in [0.4, 0.5) is 0 Å². The molecule has 0 aromatic carbocycles. The van der Waals surface area contributed by atoms with Crippen molar-refractivity contribution in [1.29, 1.82) is 0 Å². The van der Waals surface area contributed by atoms with Crippen molar-refractivity contribution >= 4 is 21.8 Å². The number of piperidine rings is 1. The first-order valence-electron chi connectivity index (χ1n) is 6.17. The largest absolute Gasteiger partial charge is 0.339 e. The molecule has 0 aromatic rings. The Balaban J connectivity index is 1.95. The number of nitrogens with zero attached hydrogens (tertiary/aromatic N) is 1. The summed E-state index contributed by atoms with van der Waals surface area (Å²) in [5.41, 5.74) is 0. The molecule has 1 amide bonds. The van der Waals surface area contributed by atoms with Crippen LogP contribution in [0.3, 0.4) is 0 Å². The van der Waals surface area contributed by atoms with Gasteiger partial charge in [-0.15, -0.1) is 0 Å². The van der Waals surface area contributed by atoms with Gasteiger partial charge in [-0.1, -0.05) is 35.7 Å². The maximum atomic E-state index is 12.0. The topological polar surface area (TPSA) is 20.3 Å². The first-order chi connectivity index (χ1) is 7.22. The monoisotopic (exact) mass is 273 g/mol. The lowest BCUT2D eigenvalue weighted by molar-refractivity contribution is -0.135. The highest BCUT2D eigenvalue weighted by Gasteiger charge is 2.34. The fourth-order valence-corrected chi connectivity index (χ4v) is 3.06. The molecule has 0 spiro atoms. The van der Waals surface area contributed by atoms with E-state index in [9.17, 15) is 4.79 Å². The van der Waals surface area contributed by atoms with E-state index in [2.05, 4.69) is 27.8 Å². The van der Waals surface area contributed by atoms with E-state index in [0.717, 1.165) is 31.7 Å². The number of hydrogen-bond donors (Lipinski definition) is 0. The zero-order valence-corrected chi connectivity index (χ0v) is 11.0. The molecule has 1 saturated heterocycles. The molecule has 1 aliphatic heterocycles. The van der Waals surface area contributed by atoms with Crippen molar-refractivity contribution in [3.63, 3.8) is 0 Å². The third-order valence-corrected chi connectivity index (χ3v) is 4.47. The van der Waals surface area contributed by atoms with E-state index in [0.29, 0.717) is 11.9 Å². The lowest BCUT2D eigenvalue weighted by atomic mass is 10.0. The zero-order chi connectivity index (χ0) is 10.8. The zero-order valence-electron chi connectivity index (χ0n) is 9.42. The predicted octanol–water partition coefficient (Wildman–Crippen LogP) is 2.95. The summed E-state index contributed by atoms with van der Waals surface area (Å²) in [7, 11) is 0. The molecule has 2 unspecified atom stereocenters. The summed E-state index contributed by atoms with van der Waals surface area (Å²) in [6, 6.07) is 0.505. The van der Waals surface area contributed by atoms with Crippen LogP contribution in [0.5, 0.6) is 0 Å². The van der Waals surface area contributed by atoms with Crippen molar-refractivity contribution < 1.29 is 4.79 Å². The Morgan fingerprint density at radius 1 is 1.47 bits per heavy atom. The van der Waals surface area contributed by atoms with Crippen molar-refractivity contribution in [2.45, 2.75) is 56.3 Å². The molecular weight excluding hydrogens is 254 g/mol. The Labute approximate surface area is 101 Å². The van der Waals surface area contributed by atoms with Crippen LogP contribution >= 0.6 is 15.9 Å². The summed E-state index contributed by atoms with van der Waals surface area (Å²) < 4.78 is 0. The smallest absolute Gasteiger partial charge is 0.236 e. The van der Waals surface area contributed by atoms with Crippen LogP contribution in [0.15, 0.2) is 0 Å². The summed E-state index contributed by atoms with van der Waals surface area (Å²) in [6.07, 6.45) is 7.29. The molecule has 0 bridgehead atoms. The highest BCUT2D eigenvalue weighted by molar-refractivity contribution is 9.10. The number of carbonyl (C=O) groups is 1. The Hall–Kier alpha value is -0.0500. The van der Waals surface area contributed by atoms with Crippen LogP contribution in [0.1, 0.15) is 45.4 Å². The van der Waals surface area contributed by atoms with Crippen LogP contribution in [0.2, 0.25) is 0 Å². The minimum Gasteiger partial charge on any atom is -0.339 e. The van der Waals surface area contributed by atoms with Crippen molar-refractivity contribution in [2.24, 2.45) is 5.92 Å². The fraction of sp³-hybridized carbons (Fsp3) is 0.917. The summed E-state index contributed by atoms with van der Waals surface area (Å²) in [6.45, 7) is 3.18. The Bertz CT molecular complexity index is 240. The number of likely N-dealkylation sites (tertiary alicyclic amines) is 1. The van der Waals surface area contributed by atoms with Crippen molar-refractivity contribution in [3.8, 4) is 0 Å². The van der Waals surface area contributed by atoms with Gasteiger partial charge in [0.15, 0.2) is 0 Å². The normalized spacial score (nSPS) is 29.3. The number of amides is 1. The molecule has 0 radical (unpaired) electrons. The van der Waals surface area contributed by atoms with Gasteiger partial charge in [-0.05, 0) is 31.6 Å². The van der Waals surface area contributed by atoms with E-state index in [4.69, 9.17) is 0 Å². The Kier molecular flexibility index (Phi) is 3.70. The summed E-state index contributed by atoms with van der Waals surface area (Å²) in [5.74, 6) is 1.24. The number of rotatable bonds is 4. The van der Waals surface area contributed by atoms with Crippen LogP contribution in [-0.2, 0) is 4.79 Å². The van der Waals surface area contributed by atoms with Gasteiger partial charge in [0.05, 0.1) is 4.83 Å². The molecule has 2 rings (SSSR count). The van der Waals surface area contributed by atoms with E-state index in [1.165, 1.54) is 19.3 Å². The van der Waals surface area contributed by atoms with Crippen molar-refractivity contribution in [1.82, 2.24) is 4.90 Å². The number of alkyl halides is 1. The Morgan fingerprint density at radius 3 is 2.80 bits per heavy atom. The van der Waals surface area contributed by atoms with Gasteiger partial charge in [0.25, 0.3) is 0 Å². The average Bonchev–Trinajstić information content (AvgIpc) is 3.03. The Morgan fingerprint density at radius 2 is 2.20 bits per heavy atom. The third-order valence-electron chi connectivity index (χ3n) is 3.62. The SMILES string of the molecule is CCC(CC1CC1)N1CCCC(Br)C1=O. The highest BCUT2D eigenvalue weighted by atomic mass is 79.9. The van der Waals surface area contributed by atoms with Gasteiger partial charge >= 0.3 is 0 Å². The maximum Gasteiger partial charge on any atom is 0.236 e. The molecule has 2 nitrogen and oxygen atoms in total. The minimum absolute atomic E-state index is 0.0829. The molecule has 1 saturated carbocycles. The number of halogens is 1. The summed E-state index contributed by atoms with van der Waals surface area (Å²) >= 11 is 3.48. The fourth-order valence-electron chi connectivity index (χ4n) is 2.47. The van der Waals surface area contributed by atoms with Crippen LogP contribution in [0.25, 0.3) is 0 Å². The second-order valence-electron chi connectivity index (χ2n) is 4.88. The molecule has 3 heteroatoms. The maximum absolute atomic E-state index is 12.0. The van der Waals surface area contributed by atoms with Crippen LogP contribution in [-0.4, -0.2) is 28.2 Å². The van der Waals surface area contributed by atoms with E-state index >= 15 is 0 Å². The van der Waals surface area contributed by atoms with Gasteiger partial charge in [0, 0.05) is 12.6 Å². The highest BCUT2D eigenvalue weighted by Crippen LogP contribution is 2.36. The second-order valence-corrected chi connectivity index (χ2v) is 5.99. The molecule has 1 heterocycles. The quantitative estimate of drug-likeness (QED) is 0.722. The molecule has 2 fully saturated rings. The molecule has 2 atom stereocenters. The first-order valence-corrected chi connectivity index (χ1v) is 7.08. The molecule has 1 aliphatic carbocycles. The first kappa shape index (κ1) is 11.4. The van der Waals surface area contributed by atoms with E-state index < -0.39 is 0 Å². The van der Waals surface area contributed by atoms with E-state index in [1.807, 2.05) is 0 Å². The summed E-state index contributed by atoms with van der Waals surface area (Å²) in [4.78, 5) is 14.2.